The third-order valence-corrected chi connectivity index (χ3v) is 2.50. The number of benzene rings is 1. The largest absolute Gasteiger partial charge is 0.487 e. The topological polar surface area (TPSA) is 42.4 Å². The first-order chi connectivity index (χ1) is 8.69. The minimum Gasteiger partial charge on any atom is -0.487 e. The van der Waals surface area contributed by atoms with Crippen LogP contribution in [-0.4, -0.2) is 10.1 Å². The van der Waals surface area contributed by atoms with Gasteiger partial charge in [-0.05, 0) is 36.8 Å². The van der Waals surface area contributed by atoms with Gasteiger partial charge in [-0.3, -0.25) is 4.98 Å². The molecule has 2 rings (SSSR count). The number of hydrogen-bond acceptors (Lipinski definition) is 3. The fraction of sp³-hybridized carbons (Fsp3) is 0.214. The number of nitrogens with zero attached hydrogens (tertiary/aromatic N) is 1. The predicted octanol–water partition coefficient (Wildman–Crippen LogP) is 2.60. The van der Waals surface area contributed by atoms with Crippen molar-refractivity contribution in [2.45, 2.75) is 20.1 Å². The van der Waals surface area contributed by atoms with E-state index in [1.165, 1.54) is 12.1 Å². The second-order valence-electron chi connectivity index (χ2n) is 3.97. The Morgan fingerprint density at radius 1 is 1.28 bits per heavy atom. The van der Waals surface area contributed by atoms with Crippen LogP contribution in [0.1, 0.15) is 17.0 Å². The first-order valence-electron chi connectivity index (χ1n) is 5.63. The van der Waals surface area contributed by atoms with Crippen LogP contribution in [0.15, 0.2) is 36.4 Å². The van der Waals surface area contributed by atoms with E-state index < -0.39 is 0 Å². The van der Waals surface area contributed by atoms with E-state index in [1.54, 1.807) is 24.3 Å². The van der Waals surface area contributed by atoms with E-state index in [0.29, 0.717) is 11.4 Å². The van der Waals surface area contributed by atoms with Crippen molar-refractivity contribution in [3.63, 3.8) is 0 Å². The second kappa shape index (κ2) is 5.60. The van der Waals surface area contributed by atoms with Crippen molar-refractivity contribution in [1.82, 2.24) is 4.98 Å². The predicted molar refractivity (Wildman–Crippen MR) is 65.6 cm³/mol. The molecule has 0 fully saturated rings. The van der Waals surface area contributed by atoms with Crippen molar-refractivity contribution in [2.75, 3.05) is 0 Å². The zero-order chi connectivity index (χ0) is 13.0. The summed E-state index contributed by atoms with van der Waals surface area (Å²) < 4.78 is 18.5. The van der Waals surface area contributed by atoms with Crippen molar-refractivity contribution >= 4 is 0 Å². The van der Waals surface area contributed by atoms with Crippen LogP contribution >= 0.6 is 0 Å². The Morgan fingerprint density at radius 2 is 2.11 bits per heavy atom. The molecule has 2 aromatic rings. The van der Waals surface area contributed by atoms with E-state index >= 15 is 0 Å². The van der Waals surface area contributed by atoms with Gasteiger partial charge < -0.3 is 9.84 Å². The molecule has 0 radical (unpaired) electrons. The number of pyridine rings is 1. The number of aryl methyl sites for hydroxylation is 1. The molecule has 0 atom stereocenters. The van der Waals surface area contributed by atoms with Crippen molar-refractivity contribution in [3.05, 3.63) is 59.2 Å². The molecule has 3 nitrogen and oxygen atoms in total. The van der Waals surface area contributed by atoms with Crippen LogP contribution < -0.4 is 4.74 Å². The molecule has 0 aliphatic heterocycles. The molecule has 18 heavy (non-hydrogen) atoms. The van der Waals surface area contributed by atoms with Crippen molar-refractivity contribution in [3.8, 4) is 5.75 Å². The zero-order valence-electron chi connectivity index (χ0n) is 10.1. The molecule has 1 aromatic carbocycles. The van der Waals surface area contributed by atoms with E-state index in [0.717, 1.165) is 11.3 Å². The lowest BCUT2D eigenvalue weighted by molar-refractivity contribution is 0.253. The maximum atomic E-state index is 13.0. The average molecular weight is 247 g/mol. The van der Waals surface area contributed by atoms with E-state index in [2.05, 4.69) is 4.98 Å². The van der Waals surface area contributed by atoms with Gasteiger partial charge in [0, 0.05) is 5.69 Å². The number of ether oxygens (including phenoxy) is 1. The average Bonchev–Trinajstić information content (AvgIpc) is 2.37. The van der Waals surface area contributed by atoms with Gasteiger partial charge in [0.25, 0.3) is 0 Å². The molecule has 0 bridgehead atoms. The lowest BCUT2D eigenvalue weighted by Gasteiger charge is -2.10. The Bertz CT molecular complexity index is 543. The maximum Gasteiger partial charge on any atom is 0.143 e. The van der Waals surface area contributed by atoms with Gasteiger partial charge in [0.05, 0.1) is 6.61 Å². The molecule has 4 heteroatoms. The lowest BCUT2D eigenvalue weighted by Crippen LogP contribution is -2.01. The van der Waals surface area contributed by atoms with Crippen LogP contribution in [0.5, 0.6) is 5.75 Å². The number of halogens is 1. The lowest BCUT2D eigenvalue weighted by atomic mass is 10.2. The molecule has 0 saturated carbocycles. The summed E-state index contributed by atoms with van der Waals surface area (Å²) >= 11 is 0. The number of hydrogen-bond donors (Lipinski definition) is 1. The van der Waals surface area contributed by atoms with E-state index in [-0.39, 0.29) is 19.0 Å². The second-order valence-corrected chi connectivity index (χ2v) is 3.97. The van der Waals surface area contributed by atoms with Crippen LogP contribution in [0.2, 0.25) is 0 Å². The van der Waals surface area contributed by atoms with Gasteiger partial charge in [-0.1, -0.05) is 12.1 Å². The van der Waals surface area contributed by atoms with E-state index in [9.17, 15) is 9.50 Å². The van der Waals surface area contributed by atoms with Gasteiger partial charge in [-0.25, -0.2) is 4.39 Å². The maximum absolute atomic E-state index is 13.0. The zero-order valence-corrected chi connectivity index (χ0v) is 10.1. The minimum absolute atomic E-state index is 0.180. The summed E-state index contributed by atoms with van der Waals surface area (Å²) in [5.74, 6) is 0.230. The van der Waals surface area contributed by atoms with Gasteiger partial charge in [0.2, 0.25) is 0 Å². The molecule has 1 N–H and O–H groups in total. The summed E-state index contributed by atoms with van der Waals surface area (Å²) in [6, 6.07) is 9.78. The molecular formula is C14H14FNO2. The van der Waals surface area contributed by atoms with Crippen molar-refractivity contribution in [1.29, 1.82) is 0 Å². The standard InChI is InChI=1S/C14H14FNO2/c1-10-5-6-14(13(8-17)16-10)18-9-11-3-2-4-12(15)7-11/h2-7,17H,8-9H2,1H3. The molecule has 0 amide bonds. The third-order valence-electron chi connectivity index (χ3n) is 2.50. The summed E-state index contributed by atoms with van der Waals surface area (Å²) in [5, 5.41) is 9.18. The highest BCUT2D eigenvalue weighted by Crippen LogP contribution is 2.18. The Kier molecular flexibility index (Phi) is 3.89. The summed E-state index contributed by atoms with van der Waals surface area (Å²) in [5.41, 5.74) is 2.04. The molecular weight excluding hydrogens is 233 g/mol. The van der Waals surface area contributed by atoms with Gasteiger partial charge in [-0.15, -0.1) is 0 Å². The van der Waals surface area contributed by atoms with Crippen LogP contribution in [-0.2, 0) is 13.2 Å². The number of aliphatic hydroxyl groups is 1. The van der Waals surface area contributed by atoms with Gasteiger partial charge in [-0.2, -0.15) is 0 Å². The number of rotatable bonds is 4. The fourth-order valence-corrected chi connectivity index (χ4v) is 1.63. The molecule has 0 unspecified atom stereocenters. The third kappa shape index (κ3) is 3.05. The highest BCUT2D eigenvalue weighted by molar-refractivity contribution is 5.29. The summed E-state index contributed by atoms with van der Waals surface area (Å²) in [7, 11) is 0. The Morgan fingerprint density at radius 3 is 2.83 bits per heavy atom. The molecule has 0 aliphatic rings. The Hall–Kier alpha value is -1.94. The van der Waals surface area contributed by atoms with Crippen LogP contribution in [0.3, 0.4) is 0 Å². The number of aromatic nitrogens is 1. The molecule has 94 valence electrons. The highest BCUT2D eigenvalue weighted by atomic mass is 19.1. The normalized spacial score (nSPS) is 10.4. The Balaban J connectivity index is 2.10. The first-order valence-corrected chi connectivity index (χ1v) is 5.63. The monoisotopic (exact) mass is 247 g/mol. The van der Waals surface area contributed by atoms with E-state index in [1.807, 2.05) is 6.92 Å². The van der Waals surface area contributed by atoms with Crippen LogP contribution in [0.4, 0.5) is 4.39 Å². The Labute approximate surface area is 105 Å². The molecule has 0 saturated heterocycles. The molecule has 1 aromatic heterocycles. The van der Waals surface area contributed by atoms with Crippen LogP contribution in [0, 0.1) is 12.7 Å². The highest BCUT2D eigenvalue weighted by Gasteiger charge is 2.05. The SMILES string of the molecule is Cc1ccc(OCc2cccc(F)c2)c(CO)n1. The van der Waals surface area contributed by atoms with Crippen LogP contribution in [0.25, 0.3) is 0 Å². The van der Waals surface area contributed by atoms with Crippen molar-refractivity contribution in [2.24, 2.45) is 0 Å². The minimum atomic E-state index is -0.291. The molecule has 1 heterocycles. The quantitative estimate of drug-likeness (QED) is 0.903. The molecule has 0 spiro atoms. The van der Waals surface area contributed by atoms with E-state index in [4.69, 9.17) is 4.74 Å². The van der Waals surface area contributed by atoms with Crippen molar-refractivity contribution < 1.29 is 14.2 Å². The summed E-state index contributed by atoms with van der Waals surface area (Å²) in [6.07, 6.45) is 0. The fourth-order valence-electron chi connectivity index (χ4n) is 1.63. The number of aliphatic hydroxyl groups excluding tert-OH is 1. The summed E-state index contributed by atoms with van der Waals surface area (Å²) in [4.78, 5) is 4.17. The summed E-state index contributed by atoms with van der Waals surface area (Å²) in [6.45, 7) is 1.91. The van der Waals surface area contributed by atoms with Gasteiger partial charge >= 0.3 is 0 Å². The smallest absolute Gasteiger partial charge is 0.143 e. The molecule has 0 aliphatic carbocycles. The van der Waals surface area contributed by atoms with Gasteiger partial charge in [0.1, 0.15) is 23.9 Å². The van der Waals surface area contributed by atoms with Gasteiger partial charge in [0.15, 0.2) is 0 Å². The first kappa shape index (κ1) is 12.5.